The average molecular weight is 195 g/mol. The molecular formula is C8H19ClN2O. The highest BCUT2D eigenvalue weighted by Crippen LogP contribution is 1.96. The smallest absolute Gasteiger partial charge is 0.233 e. The Hall–Kier alpha value is -0.280. The maximum Gasteiger partial charge on any atom is 0.233 e. The lowest BCUT2D eigenvalue weighted by Gasteiger charge is -2.01. The van der Waals surface area contributed by atoms with Gasteiger partial charge in [0.1, 0.15) is 0 Å². The van der Waals surface area contributed by atoms with Gasteiger partial charge in [-0.25, -0.2) is 0 Å². The number of rotatable bonds is 6. The third kappa shape index (κ3) is 9.72. The van der Waals surface area contributed by atoms with E-state index in [1.165, 1.54) is 19.3 Å². The molecule has 4 heteroatoms. The molecule has 0 aliphatic rings. The van der Waals surface area contributed by atoms with Crippen molar-refractivity contribution in [3.8, 4) is 0 Å². The van der Waals surface area contributed by atoms with Crippen LogP contribution in [0.2, 0.25) is 0 Å². The molecule has 0 aliphatic carbocycles. The zero-order valence-electron chi connectivity index (χ0n) is 7.64. The maximum atomic E-state index is 10.6. The fourth-order valence-corrected chi connectivity index (χ4v) is 0.852. The molecule has 0 saturated heterocycles. The molecule has 0 aromatic heterocycles. The maximum absolute atomic E-state index is 10.6. The van der Waals surface area contributed by atoms with Crippen LogP contribution in [0.4, 0.5) is 0 Å². The third-order valence-electron chi connectivity index (χ3n) is 1.54. The van der Waals surface area contributed by atoms with E-state index in [0.29, 0.717) is 0 Å². The monoisotopic (exact) mass is 194 g/mol. The Morgan fingerprint density at radius 2 is 2.00 bits per heavy atom. The second-order valence-electron chi connectivity index (χ2n) is 2.61. The molecule has 0 aromatic rings. The molecular weight excluding hydrogens is 176 g/mol. The Kier molecular flexibility index (Phi) is 12.7. The summed E-state index contributed by atoms with van der Waals surface area (Å²) in [6.07, 6.45) is 4.74. The lowest BCUT2D eigenvalue weighted by atomic mass is 10.2. The zero-order chi connectivity index (χ0) is 8.53. The lowest BCUT2D eigenvalue weighted by Crippen LogP contribution is -2.30. The Morgan fingerprint density at radius 1 is 1.33 bits per heavy atom. The van der Waals surface area contributed by atoms with E-state index in [2.05, 4.69) is 12.2 Å². The van der Waals surface area contributed by atoms with Crippen LogP contribution >= 0.6 is 12.4 Å². The summed E-state index contributed by atoms with van der Waals surface area (Å²) in [7, 11) is 0. The summed E-state index contributed by atoms with van der Waals surface area (Å²) in [5.74, 6) is -0.0542. The van der Waals surface area contributed by atoms with E-state index in [1.807, 2.05) is 0 Å². The zero-order valence-corrected chi connectivity index (χ0v) is 8.45. The second kappa shape index (κ2) is 10.7. The standard InChI is InChI=1S/C8H18N2O.ClH/c1-2-3-4-5-6-10-8(11)7-9;/h2-7,9H2,1H3,(H,10,11);1H. The predicted octanol–water partition coefficient (Wildman–Crippen LogP) is 1.06. The van der Waals surface area contributed by atoms with Gasteiger partial charge in [0.2, 0.25) is 5.91 Å². The molecule has 3 nitrogen and oxygen atoms in total. The minimum atomic E-state index is -0.0542. The molecule has 0 unspecified atom stereocenters. The lowest BCUT2D eigenvalue weighted by molar-refractivity contribution is -0.119. The number of nitrogens with two attached hydrogens (primary N) is 1. The molecule has 0 rings (SSSR count). The predicted molar refractivity (Wildman–Crippen MR) is 53.5 cm³/mol. The van der Waals surface area contributed by atoms with Crippen molar-refractivity contribution in [3.63, 3.8) is 0 Å². The number of nitrogens with one attached hydrogen (secondary N) is 1. The fourth-order valence-electron chi connectivity index (χ4n) is 0.852. The third-order valence-corrected chi connectivity index (χ3v) is 1.54. The first kappa shape index (κ1) is 14.3. The van der Waals surface area contributed by atoms with Crippen LogP contribution in [0.5, 0.6) is 0 Å². The largest absolute Gasteiger partial charge is 0.355 e. The van der Waals surface area contributed by atoms with Crippen LogP contribution in [0.25, 0.3) is 0 Å². The van der Waals surface area contributed by atoms with Crippen LogP contribution in [0, 0.1) is 0 Å². The number of unbranched alkanes of at least 4 members (excludes halogenated alkanes) is 3. The van der Waals surface area contributed by atoms with Gasteiger partial charge in [0.15, 0.2) is 0 Å². The number of amides is 1. The number of halogens is 1. The van der Waals surface area contributed by atoms with E-state index in [9.17, 15) is 4.79 Å². The minimum Gasteiger partial charge on any atom is -0.355 e. The molecule has 0 saturated carbocycles. The van der Waals surface area contributed by atoms with Crippen molar-refractivity contribution < 1.29 is 4.79 Å². The topological polar surface area (TPSA) is 55.1 Å². The Labute approximate surface area is 80.5 Å². The van der Waals surface area contributed by atoms with E-state index in [4.69, 9.17) is 5.73 Å². The molecule has 0 atom stereocenters. The summed E-state index contributed by atoms with van der Waals surface area (Å²) in [5, 5.41) is 2.73. The number of hydrogen-bond donors (Lipinski definition) is 2. The van der Waals surface area contributed by atoms with Crippen molar-refractivity contribution in [1.29, 1.82) is 0 Å². The summed E-state index contributed by atoms with van der Waals surface area (Å²) in [5.41, 5.74) is 5.10. The van der Waals surface area contributed by atoms with Gasteiger partial charge in [-0.3, -0.25) is 4.79 Å². The quantitative estimate of drug-likeness (QED) is 0.622. The van der Waals surface area contributed by atoms with Gasteiger partial charge in [0.25, 0.3) is 0 Å². The van der Waals surface area contributed by atoms with Gasteiger partial charge >= 0.3 is 0 Å². The molecule has 1 amide bonds. The average Bonchev–Trinajstić information content (AvgIpc) is 2.04. The summed E-state index contributed by atoms with van der Waals surface area (Å²) in [6.45, 7) is 3.04. The van der Waals surface area contributed by atoms with Crippen LogP contribution in [-0.4, -0.2) is 19.0 Å². The fraction of sp³-hybridized carbons (Fsp3) is 0.875. The number of hydrogen-bond acceptors (Lipinski definition) is 2. The summed E-state index contributed by atoms with van der Waals surface area (Å²) < 4.78 is 0. The normalized spacial score (nSPS) is 8.83. The molecule has 0 spiro atoms. The summed E-state index contributed by atoms with van der Waals surface area (Å²) in [6, 6.07) is 0. The van der Waals surface area contributed by atoms with E-state index in [-0.39, 0.29) is 24.9 Å². The SMILES string of the molecule is CCCCCCNC(=O)CN.Cl. The first-order valence-corrected chi connectivity index (χ1v) is 4.28. The van der Waals surface area contributed by atoms with Crippen molar-refractivity contribution in [2.45, 2.75) is 32.6 Å². The molecule has 0 aliphatic heterocycles. The van der Waals surface area contributed by atoms with Crippen LogP contribution in [0.15, 0.2) is 0 Å². The first-order valence-electron chi connectivity index (χ1n) is 4.28. The number of carbonyl (C=O) groups excluding carboxylic acids is 1. The van der Waals surface area contributed by atoms with Crippen molar-refractivity contribution >= 4 is 18.3 Å². The highest BCUT2D eigenvalue weighted by Gasteiger charge is 1.93. The van der Waals surface area contributed by atoms with Crippen LogP contribution < -0.4 is 11.1 Å². The molecule has 0 fully saturated rings. The summed E-state index contributed by atoms with van der Waals surface area (Å²) in [4.78, 5) is 10.6. The van der Waals surface area contributed by atoms with Crippen molar-refractivity contribution in [2.75, 3.05) is 13.1 Å². The van der Waals surface area contributed by atoms with Crippen molar-refractivity contribution in [3.05, 3.63) is 0 Å². The molecule has 0 bridgehead atoms. The Balaban J connectivity index is 0. The van der Waals surface area contributed by atoms with Gasteiger partial charge in [-0.2, -0.15) is 0 Å². The number of carbonyl (C=O) groups is 1. The van der Waals surface area contributed by atoms with Gasteiger partial charge < -0.3 is 11.1 Å². The van der Waals surface area contributed by atoms with E-state index in [1.54, 1.807) is 0 Å². The molecule has 12 heavy (non-hydrogen) atoms. The van der Waals surface area contributed by atoms with Gasteiger partial charge in [0, 0.05) is 6.54 Å². The van der Waals surface area contributed by atoms with Crippen molar-refractivity contribution in [2.24, 2.45) is 5.73 Å². The van der Waals surface area contributed by atoms with Gasteiger partial charge in [-0.15, -0.1) is 12.4 Å². The van der Waals surface area contributed by atoms with Crippen LogP contribution in [0.3, 0.4) is 0 Å². The van der Waals surface area contributed by atoms with E-state index in [0.717, 1.165) is 13.0 Å². The highest BCUT2D eigenvalue weighted by molar-refractivity contribution is 5.85. The van der Waals surface area contributed by atoms with Gasteiger partial charge in [-0.05, 0) is 6.42 Å². The molecule has 0 aromatic carbocycles. The summed E-state index contributed by atoms with van der Waals surface area (Å²) >= 11 is 0. The van der Waals surface area contributed by atoms with Crippen LogP contribution in [-0.2, 0) is 4.79 Å². The van der Waals surface area contributed by atoms with E-state index < -0.39 is 0 Å². The molecule has 74 valence electrons. The van der Waals surface area contributed by atoms with Gasteiger partial charge in [-0.1, -0.05) is 26.2 Å². The Morgan fingerprint density at radius 3 is 2.50 bits per heavy atom. The van der Waals surface area contributed by atoms with E-state index >= 15 is 0 Å². The first-order chi connectivity index (χ1) is 5.31. The minimum absolute atomic E-state index is 0. The van der Waals surface area contributed by atoms with Gasteiger partial charge in [0.05, 0.1) is 6.54 Å². The molecule has 0 radical (unpaired) electrons. The van der Waals surface area contributed by atoms with Crippen molar-refractivity contribution in [1.82, 2.24) is 5.32 Å². The second-order valence-corrected chi connectivity index (χ2v) is 2.61. The Bertz CT molecular complexity index is 109. The molecule has 0 heterocycles. The molecule has 3 N–H and O–H groups in total. The van der Waals surface area contributed by atoms with Crippen LogP contribution in [0.1, 0.15) is 32.6 Å². The highest BCUT2D eigenvalue weighted by atomic mass is 35.5.